The zero-order valence-electron chi connectivity index (χ0n) is 15.6. The van der Waals surface area contributed by atoms with E-state index in [2.05, 4.69) is 0 Å². The number of hydrogen-bond donors (Lipinski definition) is 1. The lowest BCUT2D eigenvalue weighted by atomic mass is 9.89. The van der Waals surface area contributed by atoms with E-state index in [1.54, 1.807) is 26.2 Å². The molecule has 0 saturated carbocycles. The summed E-state index contributed by atoms with van der Waals surface area (Å²) in [5.74, 6) is -0.0956. The van der Waals surface area contributed by atoms with E-state index >= 15 is 0 Å². The molecule has 1 fully saturated rings. The van der Waals surface area contributed by atoms with Crippen molar-refractivity contribution in [2.45, 2.75) is 10.8 Å². The Morgan fingerprint density at radius 2 is 1.81 bits per heavy atom. The van der Waals surface area contributed by atoms with Crippen LogP contribution < -0.4 is 5.73 Å². The monoisotopic (exact) mass is 387 g/mol. The molecule has 2 aromatic rings. The molecular formula is C20H25N3O3S. The van der Waals surface area contributed by atoms with Crippen molar-refractivity contribution in [1.29, 1.82) is 0 Å². The van der Waals surface area contributed by atoms with Crippen molar-refractivity contribution in [3.05, 3.63) is 65.7 Å². The minimum Gasteiger partial charge on any atom is -0.345 e. The molecule has 3 rings (SSSR count). The van der Waals surface area contributed by atoms with Crippen molar-refractivity contribution in [1.82, 2.24) is 9.21 Å². The summed E-state index contributed by atoms with van der Waals surface area (Å²) in [5, 5.41) is 0. The van der Waals surface area contributed by atoms with Gasteiger partial charge < -0.3 is 10.6 Å². The molecule has 0 radical (unpaired) electrons. The normalized spacial score (nSPS) is 20.6. The zero-order chi connectivity index (χ0) is 19.6. The molecule has 144 valence electrons. The van der Waals surface area contributed by atoms with Crippen LogP contribution in [0.3, 0.4) is 0 Å². The molecule has 0 aromatic heterocycles. The molecule has 1 aliphatic heterocycles. The highest BCUT2D eigenvalue weighted by atomic mass is 32.2. The number of benzene rings is 2. The van der Waals surface area contributed by atoms with Crippen molar-refractivity contribution >= 4 is 15.9 Å². The van der Waals surface area contributed by atoms with E-state index in [4.69, 9.17) is 5.73 Å². The van der Waals surface area contributed by atoms with Crippen LogP contribution in [0, 0.1) is 5.92 Å². The van der Waals surface area contributed by atoms with Crippen LogP contribution in [0.15, 0.2) is 59.5 Å². The number of rotatable bonds is 5. The quantitative estimate of drug-likeness (QED) is 0.847. The van der Waals surface area contributed by atoms with Gasteiger partial charge in [0.05, 0.1) is 4.90 Å². The first kappa shape index (κ1) is 19.5. The van der Waals surface area contributed by atoms with Crippen LogP contribution in [-0.2, 0) is 10.0 Å². The highest BCUT2D eigenvalue weighted by molar-refractivity contribution is 7.89. The molecule has 2 atom stereocenters. The fourth-order valence-corrected chi connectivity index (χ4v) is 5.11. The van der Waals surface area contributed by atoms with Crippen molar-refractivity contribution in [3.63, 3.8) is 0 Å². The van der Waals surface area contributed by atoms with Gasteiger partial charge in [-0.1, -0.05) is 36.4 Å². The lowest BCUT2D eigenvalue weighted by Crippen LogP contribution is -2.30. The lowest BCUT2D eigenvalue weighted by Gasteiger charge is -2.18. The fraction of sp³-hybridized carbons (Fsp3) is 0.350. The van der Waals surface area contributed by atoms with E-state index in [-0.39, 0.29) is 22.6 Å². The molecule has 1 amide bonds. The van der Waals surface area contributed by atoms with Crippen molar-refractivity contribution in [3.8, 4) is 0 Å². The standard InChI is InChI=1S/C20H25N3O3S/c1-22(2)20(24)16-9-6-10-18(11-16)27(25,26)23-13-17(12-21)19(14-23)15-7-4-3-5-8-15/h3-11,17,19H,12-14,21H2,1-2H3/t17-,19+/m1/s1. The van der Waals surface area contributed by atoms with Gasteiger partial charge in [0.25, 0.3) is 5.91 Å². The number of amides is 1. The second-order valence-corrected chi connectivity index (χ2v) is 9.00. The third-order valence-corrected chi connectivity index (χ3v) is 6.89. The molecule has 0 unspecified atom stereocenters. The van der Waals surface area contributed by atoms with E-state index in [9.17, 15) is 13.2 Å². The molecule has 2 N–H and O–H groups in total. The fourth-order valence-electron chi connectivity index (χ4n) is 3.54. The van der Waals surface area contributed by atoms with E-state index in [0.29, 0.717) is 25.2 Å². The van der Waals surface area contributed by atoms with E-state index in [1.165, 1.54) is 21.3 Å². The maximum absolute atomic E-state index is 13.2. The Morgan fingerprint density at radius 3 is 2.44 bits per heavy atom. The van der Waals surface area contributed by atoms with E-state index in [1.807, 2.05) is 30.3 Å². The van der Waals surface area contributed by atoms with Crippen LogP contribution in [0.1, 0.15) is 21.8 Å². The van der Waals surface area contributed by atoms with Gasteiger partial charge in [-0.25, -0.2) is 8.42 Å². The van der Waals surface area contributed by atoms with Gasteiger partial charge in [-0.05, 0) is 36.2 Å². The average Bonchev–Trinajstić information content (AvgIpc) is 3.13. The molecule has 0 bridgehead atoms. The minimum atomic E-state index is -3.70. The Hall–Kier alpha value is -2.22. The summed E-state index contributed by atoms with van der Waals surface area (Å²) >= 11 is 0. The summed E-state index contributed by atoms with van der Waals surface area (Å²) in [6, 6.07) is 16.1. The lowest BCUT2D eigenvalue weighted by molar-refractivity contribution is 0.0827. The summed E-state index contributed by atoms with van der Waals surface area (Å²) in [7, 11) is -0.419. The van der Waals surface area contributed by atoms with Crippen molar-refractivity contribution < 1.29 is 13.2 Å². The van der Waals surface area contributed by atoms with E-state index < -0.39 is 10.0 Å². The first-order chi connectivity index (χ1) is 12.8. The Morgan fingerprint density at radius 1 is 1.11 bits per heavy atom. The third-order valence-electron chi connectivity index (χ3n) is 5.06. The van der Waals surface area contributed by atoms with Crippen LogP contribution >= 0.6 is 0 Å². The van der Waals surface area contributed by atoms with Gasteiger partial charge in [-0.2, -0.15) is 4.31 Å². The van der Waals surface area contributed by atoms with Gasteiger partial charge in [0.2, 0.25) is 10.0 Å². The maximum atomic E-state index is 13.2. The highest BCUT2D eigenvalue weighted by Crippen LogP contribution is 2.35. The summed E-state index contributed by atoms with van der Waals surface area (Å²) in [4.78, 5) is 13.7. The predicted molar refractivity (Wildman–Crippen MR) is 105 cm³/mol. The van der Waals surface area contributed by atoms with Crippen LogP contribution in [0.5, 0.6) is 0 Å². The number of nitrogens with zero attached hydrogens (tertiary/aromatic N) is 2. The maximum Gasteiger partial charge on any atom is 0.253 e. The first-order valence-corrected chi connectivity index (χ1v) is 10.4. The predicted octanol–water partition coefficient (Wildman–Crippen LogP) is 1.75. The summed E-state index contributed by atoms with van der Waals surface area (Å²) in [6.45, 7) is 1.19. The molecule has 1 heterocycles. The highest BCUT2D eigenvalue weighted by Gasteiger charge is 2.39. The van der Waals surface area contributed by atoms with Gasteiger partial charge in [0.15, 0.2) is 0 Å². The first-order valence-electron chi connectivity index (χ1n) is 8.91. The zero-order valence-corrected chi connectivity index (χ0v) is 16.4. The topological polar surface area (TPSA) is 83.7 Å². The van der Waals surface area contributed by atoms with Gasteiger partial charge >= 0.3 is 0 Å². The molecule has 27 heavy (non-hydrogen) atoms. The number of carbonyl (C=O) groups is 1. The Balaban J connectivity index is 1.90. The van der Waals surface area contributed by atoms with Gasteiger partial charge in [0.1, 0.15) is 0 Å². The Kier molecular flexibility index (Phi) is 5.64. The number of nitrogens with two attached hydrogens (primary N) is 1. The smallest absolute Gasteiger partial charge is 0.253 e. The summed E-state index contributed by atoms with van der Waals surface area (Å²) in [5.41, 5.74) is 7.39. The molecule has 0 aliphatic carbocycles. The second kappa shape index (κ2) is 7.80. The number of hydrogen-bond acceptors (Lipinski definition) is 4. The van der Waals surface area contributed by atoms with Crippen LogP contribution in [0.4, 0.5) is 0 Å². The Labute approximate surface area is 160 Å². The SMILES string of the molecule is CN(C)C(=O)c1cccc(S(=O)(=O)N2C[C@@H](CN)[C@H](c3ccccc3)C2)c1. The molecule has 1 saturated heterocycles. The largest absolute Gasteiger partial charge is 0.345 e. The summed E-state index contributed by atoms with van der Waals surface area (Å²) < 4.78 is 27.8. The number of sulfonamides is 1. The molecular weight excluding hydrogens is 362 g/mol. The van der Waals surface area contributed by atoms with Crippen molar-refractivity contribution in [2.24, 2.45) is 11.7 Å². The summed E-state index contributed by atoms with van der Waals surface area (Å²) in [6.07, 6.45) is 0. The van der Waals surface area contributed by atoms with Crippen molar-refractivity contribution in [2.75, 3.05) is 33.7 Å². The molecule has 2 aromatic carbocycles. The van der Waals surface area contributed by atoms with Crippen LogP contribution in [0.2, 0.25) is 0 Å². The van der Waals surface area contributed by atoms with Crippen LogP contribution in [0.25, 0.3) is 0 Å². The average molecular weight is 388 g/mol. The van der Waals surface area contributed by atoms with Gasteiger partial charge in [-0.15, -0.1) is 0 Å². The molecule has 6 nitrogen and oxygen atoms in total. The molecule has 7 heteroatoms. The molecule has 0 spiro atoms. The van der Waals surface area contributed by atoms with Gasteiger partial charge in [-0.3, -0.25) is 4.79 Å². The molecule has 1 aliphatic rings. The Bertz CT molecular complexity index is 913. The van der Waals surface area contributed by atoms with Crippen LogP contribution in [-0.4, -0.2) is 57.3 Å². The minimum absolute atomic E-state index is 0.0637. The number of carbonyl (C=O) groups excluding carboxylic acids is 1. The van der Waals surface area contributed by atoms with E-state index in [0.717, 1.165) is 5.56 Å². The third kappa shape index (κ3) is 3.90. The second-order valence-electron chi connectivity index (χ2n) is 7.06. The van der Waals surface area contributed by atoms with Gasteiger partial charge in [0, 0.05) is 38.7 Å².